The molecule has 0 aliphatic rings. The van der Waals surface area contributed by atoms with Gasteiger partial charge >= 0.3 is 0 Å². The highest BCUT2D eigenvalue weighted by molar-refractivity contribution is 6.05. The molecular weight excluding hydrogens is 304 g/mol. The van der Waals surface area contributed by atoms with Crippen LogP contribution in [0.5, 0.6) is 5.75 Å². The molecule has 0 bridgehead atoms. The van der Waals surface area contributed by atoms with Crippen molar-refractivity contribution in [1.29, 1.82) is 0 Å². The first-order valence-electron chi connectivity index (χ1n) is 7.89. The number of methoxy groups -OCH3 is 1. The SMILES string of the molecule is CCC(C)NC(=O)c1ccc(C(=O)Nc2ccc(OC)cc2)cc1. The zero-order chi connectivity index (χ0) is 17.5. The number of nitrogens with one attached hydrogen (secondary N) is 2. The topological polar surface area (TPSA) is 67.4 Å². The van der Waals surface area contributed by atoms with Crippen molar-refractivity contribution in [3.8, 4) is 5.75 Å². The zero-order valence-electron chi connectivity index (χ0n) is 14.1. The van der Waals surface area contributed by atoms with Gasteiger partial charge in [-0.15, -0.1) is 0 Å². The molecule has 1 atom stereocenters. The monoisotopic (exact) mass is 326 g/mol. The van der Waals surface area contributed by atoms with Crippen molar-refractivity contribution in [2.45, 2.75) is 26.3 Å². The van der Waals surface area contributed by atoms with Gasteiger partial charge in [0.05, 0.1) is 7.11 Å². The van der Waals surface area contributed by atoms with Crippen LogP contribution in [0.2, 0.25) is 0 Å². The van der Waals surface area contributed by atoms with Gasteiger partial charge in [-0.05, 0) is 61.9 Å². The van der Waals surface area contributed by atoms with Crippen LogP contribution in [0.25, 0.3) is 0 Å². The Morgan fingerprint density at radius 1 is 0.958 bits per heavy atom. The van der Waals surface area contributed by atoms with E-state index in [0.29, 0.717) is 16.8 Å². The zero-order valence-corrected chi connectivity index (χ0v) is 14.1. The van der Waals surface area contributed by atoms with Crippen molar-refractivity contribution >= 4 is 17.5 Å². The van der Waals surface area contributed by atoms with E-state index in [9.17, 15) is 9.59 Å². The quantitative estimate of drug-likeness (QED) is 0.854. The standard InChI is InChI=1S/C19H22N2O3/c1-4-13(2)20-18(22)14-5-7-15(8-6-14)19(23)21-16-9-11-17(24-3)12-10-16/h5-13H,4H2,1-3H3,(H,20,22)(H,21,23). The first kappa shape index (κ1) is 17.5. The van der Waals surface area contributed by atoms with E-state index in [4.69, 9.17) is 4.74 Å². The van der Waals surface area contributed by atoms with Gasteiger partial charge in [-0.1, -0.05) is 6.92 Å². The molecule has 0 saturated heterocycles. The number of carbonyl (C=O) groups excluding carboxylic acids is 2. The molecule has 0 aliphatic carbocycles. The molecule has 1 unspecified atom stereocenters. The molecule has 0 aromatic heterocycles. The minimum Gasteiger partial charge on any atom is -0.497 e. The van der Waals surface area contributed by atoms with Gasteiger partial charge in [-0.25, -0.2) is 0 Å². The summed E-state index contributed by atoms with van der Waals surface area (Å²) in [5.41, 5.74) is 1.71. The molecule has 2 aromatic carbocycles. The summed E-state index contributed by atoms with van der Waals surface area (Å²) in [4.78, 5) is 24.3. The first-order chi connectivity index (χ1) is 11.5. The fraction of sp³-hybridized carbons (Fsp3) is 0.263. The molecule has 0 radical (unpaired) electrons. The molecule has 0 aliphatic heterocycles. The van der Waals surface area contributed by atoms with E-state index in [1.807, 2.05) is 13.8 Å². The van der Waals surface area contributed by atoms with Crippen LogP contribution in [0.15, 0.2) is 48.5 Å². The predicted octanol–water partition coefficient (Wildman–Crippen LogP) is 3.48. The fourth-order valence-electron chi connectivity index (χ4n) is 2.06. The normalized spacial score (nSPS) is 11.5. The Kier molecular flexibility index (Phi) is 5.95. The van der Waals surface area contributed by atoms with E-state index < -0.39 is 0 Å². The molecule has 5 heteroatoms. The molecule has 2 amide bonds. The minimum absolute atomic E-state index is 0.121. The maximum absolute atomic E-state index is 12.2. The van der Waals surface area contributed by atoms with Crippen molar-refractivity contribution in [2.75, 3.05) is 12.4 Å². The van der Waals surface area contributed by atoms with Crippen LogP contribution in [0.3, 0.4) is 0 Å². The van der Waals surface area contributed by atoms with Gasteiger partial charge in [0.15, 0.2) is 0 Å². The number of rotatable bonds is 6. The van der Waals surface area contributed by atoms with Crippen molar-refractivity contribution in [1.82, 2.24) is 5.32 Å². The van der Waals surface area contributed by atoms with Crippen molar-refractivity contribution in [3.05, 3.63) is 59.7 Å². The Labute approximate surface area is 142 Å². The van der Waals surface area contributed by atoms with Gasteiger partial charge in [-0.2, -0.15) is 0 Å². The lowest BCUT2D eigenvalue weighted by Crippen LogP contribution is -2.31. The number of carbonyl (C=O) groups is 2. The smallest absolute Gasteiger partial charge is 0.255 e. The highest BCUT2D eigenvalue weighted by Gasteiger charge is 2.11. The summed E-state index contributed by atoms with van der Waals surface area (Å²) in [6, 6.07) is 13.8. The second kappa shape index (κ2) is 8.15. The third-order valence-corrected chi connectivity index (χ3v) is 3.75. The average Bonchev–Trinajstić information content (AvgIpc) is 2.62. The molecule has 126 valence electrons. The summed E-state index contributed by atoms with van der Waals surface area (Å²) < 4.78 is 5.08. The number of benzene rings is 2. The molecule has 5 nitrogen and oxygen atoms in total. The maximum Gasteiger partial charge on any atom is 0.255 e. The summed E-state index contributed by atoms with van der Waals surface area (Å²) in [6.07, 6.45) is 0.869. The Morgan fingerprint density at radius 2 is 1.50 bits per heavy atom. The van der Waals surface area contributed by atoms with Crippen LogP contribution in [0.1, 0.15) is 41.0 Å². The second-order valence-electron chi connectivity index (χ2n) is 5.54. The summed E-state index contributed by atoms with van der Waals surface area (Å²) in [6.45, 7) is 3.96. The average molecular weight is 326 g/mol. The Bertz CT molecular complexity index is 694. The lowest BCUT2D eigenvalue weighted by atomic mass is 10.1. The van der Waals surface area contributed by atoms with Crippen LogP contribution >= 0.6 is 0 Å². The van der Waals surface area contributed by atoms with Crippen molar-refractivity contribution in [2.24, 2.45) is 0 Å². The Balaban J connectivity index is 2.01. The molecule has 0 saturated carbocycles. The van der Waals surface area contributed by atoms with Gasteiger partial charge in [0, 0.05) is 22.9 Å². The Morgan fingerprint density at radius 3 is 2.00 bits per heavy atom. The van der Waals surface area contributed by atoms with Crippen LogP contribution in [0.4, 0.5) is 5.69 Å². The molecule has 2 rings (SSSR count). The van der Waals surface area contributed by atoms with Crippen molar-refractivity contribution in [3.63, 3.8) is 0 Å². The fourth-order valence-corrected chi connectivity index (χ4v) is 2.06. The number of anilines is 1. The number of hydrogen-bond donors (Lipinski definition) is 2. The molecule has 0 heterocycles. The third-order valence-electron chi connectivity index (χ3n) is 3.75. The summed E-state index contributed by atoms with van der Waals surface area (Å²) >= 11 is 0. The van der Waals surface area contributed by atoms with Gasteiger partial charge in [0.2, 0.25) is 0 Å². The van der Waals surface area contributed by atoms with Crippen LogP contribution < -0.4 is 15.4 Å². The maximum atomic E-state index is 12.2. The number of ether oxygens (including phenoxy) is 1. The lowest BCUT2D eigenvalue weighted by Gasteiger charge is -2.11. The first-order valence-corrected chi connectivity index (χ1v) is 7.89. The van der Waals surface area contributed by atoms with Crippen LogP contribution in [-0.4, -0.2) is 25.0 Å². The molecule has 0 fully saturated rings. The van der Waals surface area contributed by atoms with E-state index in [1.165, 1.54) is 0 Å². The van der Waals surface area contributed by atoms with Crippen LogP contribution in [0, 0.1) is 0 Å². The summed E-state index contributed by atoms with van der Waals surface area (Å²) in [5, 5.41) is 5.70. The summed E-state index contributed by atoms with van der Waals surface area (Å²) in [5.74, 6) is 0.366. The minimum atomic E-state index is -0.228. The molecule has 2 N–H and O–H groups in total. The van der Waals surface area contributed by atoms with Gasteiger partial charge < -0.3 is 15.4 Å². The molecule has 24 heavy (non-hydrogen) atoms. The Hall–Kier alpha value is -2.82. The van der Waals surface area contributed by atoms with Gasteiger partial charge in [0.25, 0.3) is 11.8 Å². The molecular formula is C19H22N2O3. The third kappa shape index (κ3) is 4.59. The highest BCUT2D eigenvalue weighted by Crippen LogP contribution is 2.16. The number of amides is 2. The van der Waals surface area contributed by atoms with Crippen LogP contribution in [-0.2, 0) is 0 Å². The van der Waals surface area contributed by atoms with E-state index >= 15 is 0 Å². The lowest BCUT2D eigenvalue weighted by molar-refractivity contribution is 0.0937. The van der Waals surface area contributed by atoms with E-state index in [0.717, 1.165) is 12.2 Å². The molecule has 0 spiro atoms. The van der Waals surface area contributed by atoms with E-state index in [1.54, 1.807) is 55.6 Å². The number of hydrogen-bond acceptors (Lipinski definition) is 3. The van der Waals surface area contributed by atoms with E-state index in [-0.39, 0.29) is 17.9 Å². The van der Waals surface area contributed by atoms with Gasteiger partial charge in [-0.3, -0.25) is 9.59 Å². The predicted molar refractivity (Wildman–Crippen MR) is 94.6 cm³/mol. The van der Waals surface area contributed by atoms with Crippen molar-refractivity contribution < 1.29 is 14.3 Å². The van der Waals surface area contributed by atoms with Gasteiger partial charge in [0.1, 0.15) is 5.75 Å². The second-order valence-corrected chi connectivity index (χ2v) is 5.54. The molecule has 2 aromatic rings. The largest absolute Gasteiger partial charge is 0.497 e. The summed E-state index contributed by atoms with van der Waals surface area (Å²) in [7, 11) is 1.59. The van der Waals surface area contributed by atoms with E-state index in [2.05, 4.69) is 10.6 Å². The highest BCUT2D eigenvalue weighted by atomic mass is 16.5.